The van der Waals surface area contributed by atoms with Crippen molar-refractivity contribution in [3.63, 3.8) is 0 Å². The quantitative estimate of drug-likeness (QED) is 0.406. The van der Waals surface area contributed by atoms with Crippen LogP contribution >= 0.6 is 0 Å². The van der Waals surface area contributed by atoms with Crippen LogP contribution in [0.1, 0.15) is 21.8 Å². The molecule has 0 radical (unpaired) electrons. The van der Waals surface area contributed by atoms with Gasteiger partial charge in [-0.15, -0.1) is 0 Å². The topological polar surface area (TPSA) is 88.3 Å². The third-order valence-electron chi connectivity index (χ3n) is 5.70. The second-order valence-electron chi connectivity index (χ2n) is 8.04. The summed E-state index contributed by atoms with van der Waals surface area (Å²) in [6.07, 6.45) is -1.58. The van der Waals surface area contributed by atoms with Crippen LogP contribution in [-0.4, -0.2) is 62.0 Å². The maximum absolute atomic E-state index is 14.0. The van der Waals surface area contributed by atoms with Gasteiger partial charge in [-0.1, -0.05) is 17.3 Å². The van der Waals surface area contributed by atoms with Crippen molar-refractivity contribution >= 4 is 16.9 Å². The lowest BCUT2D eigenvalue weighted by Gasteiger charge is -2.34. The fourth-order valence-corrected chi connectivity index (χ4v) is 3.95. The predicted molar refractivity (Wildman–Crippen MR) is 115 cm³/mol. The Balaban J connectivity index is 1.23. The molecule has 5 rings (SSSR count). The lowest BCUT2D eigenvalue weighted by molar-refractivity contribution is -0.137. The van der Waals surface area contributed by atoms with E-state index in [-0.39, 0.29) is 35.3 Å². The number of carbonyl (C=O) groups excluding carboxylic acids is 1. The average molecular weight is 486 g/mol. The molecular weight excluding hydrogens is 468 g/mol. The highest BCUT2D eigenvalue weighted by atomic mass is 19.4. The molecule has 0 bridgehead atoms. The van der Waals surface area contributed by atoms with Crippen LogP contribution in [0.5, 0.6) is 0 Å². The number of carbonyl (C=O) groups is 1. The van der Waals surface area contributed by atoms with E-state index in [0.29, 0.717) is 37.2 Å². The summed E-state index contributed by atoms with van der Waals surface area (Å²) in [7, 11) is 0. The highest BCUT2D eigenvalue weighted by molar-refractivity contribution is 6.04. The van der Waals surface area contributed by atoms with E-state index in [4.69, 9.17) is 4.52 Å². The molecule has 1 amide bonds. The minimum Gasteiger partial charge on any atom is -0.338 e. The van der Waals surface area contributed by atoms with Crippen LogP contribution in [0.25, 0.3) is 22.4 Å². The molecule has 8 nitrogen and oxygen atoms in total. The molecule has 0 saturated carbocycles. The lowest BCUT2D eigenvalue weighted by Crippen LogP contribution is -2.48. The van der Waals surface area contributed by atoms with Crippen LogP contribution in [0.4, 0.5) is 17.6 Å². The summed E-state index contributed by atoms with van der Waals surface area (Å²) >= 11 is 0. The van der Waals surface area contributed by atoms with Gasteiger partial charge in [0.1, 0.15) is 11.3 Å². The summed E-state index contributed by atoms with van der Waals surface area (Å²) in [5.74, 6) is -0.574. The number of hydrogen-bond acceptors (Lipinski definition) is 7. The highest BCUT2D eigenvalue weighted by Crippen LogP contribution is 2.31. The summed E-state index contributed by atoms with van der Waals surface area (Å²) in [6, 6.07) is 7.12. The molecule has 0 aliphatic carbocycles. The Bertz CT molecular complexity index is 1380. The first-order valence-electron chi connectivity index (χ1n) is 10.7. The molecule has 1 aliphatic rings. The summed E-state index contributed by atoms with van der Waals surface area (Å²) in [5.41, 5.74) is 0.218. The number of aromatic nitrogens is 4. The van der Waals surface area contributed by atoms with E-state index in [9.17, 15) is 22.4 Å². The maximum Gasteiger partial charge on any atom is 0.416 e. The maximum atomic E-state index is 14.0. The van der Waals surface area contributed by atoms with Gasteiger partial charge in [-0.25, -0.2) is 4.39 Å². The van der Waals surface area contributed by atoms with E-state index in [1.165, 1.54) is 36.7 Å². The number of alkyl halides is 3. The van der Waals surface area contributed by atoms with Gasteiger partial charge in [0.05, 0.1) is 23.2 Å². The number of hydrogen-bond donors (Lipinski definition) is 0. The molecule has 2 aromatic heterocycles. The van der Waals surface area contributed by atoms with Gasteiger partial charge in [0.2, 0.25) is 11.7 Å². The first kappa shape index (κ1) is 22.8. The molecule has 0 N–H and O–H groups in total. The van der Waals surface area contributed by atoms with Crippen molar-refractivity contribution in [2.75, 3.05) is 26.2 Å². The zero-order chi connectivity index (χ0) is 24.6. The minimum atomic E-state index is -4.47. The van der Waals surface area contributed by atoms with E-state index in [0.717, 1.165) is 12.1 Å². The predicted octanol–water partition coefficient (Wildman–Crippen LogP) is 3.80. The standard InChI is InChI=1S/C23H18F4N6O2/c24-16-11-17(20-18(12-16)28-4-5-29-20)22(34)33-8-6-32(7-9-33)13-19-30-21(31-35-19)14-2-1-3-15(10-14)23(25,26)27/h1-5,10-12H,6-9,13H2. The molecule has 1 saturated heterocycles. The zero-order valence-corrected chi connectivity index (χ0v) is 18.2. The van der Waals surface area contributed by atoms with Crippen LogP contribution in [0.15, 0.2) is 53.3 Å². The fourth-order valence-electron chi connectivity index (χ4n) is 3.95. The zero-order valence-electron chi connectivity index (χ0n) is 18.2. The Labute approximate surface area is 196 Å². The van der Waals surface area contributed by atoms with E-state index in [2.05, 4.69) is 20.1 Å². The minimum absolute atomic E-state index is 0.0685. The fraction of sp³-hybridized carbons (Fsp3) is 0.261. The molecule has 35 heavy (non-hydrogen) atoms. The first-order chi connectivity index (χ1) is 16.8. The van der Waals surface area contributed by atoms with Gasteiger partial charge >= 0.3 is 6.18 Å². The second-order valence-corrected chi connectivity index (χ2v) is 8.04. The number of benzene rings is 2. The third-order valence-corrected chi connectivity index (χ3v) is 5.70. The van der Waals surface area contributed by atoms with Gasteiger partial charge in [-0.2, -0.15) is 18.2 Å². The third kappa shape index (κ3) is 4.83. The highest BCUT2D eigenvalue weighted by Gasteiger charge is 2.31. The van der Waals surface area contributed by atoms with Crippen molar-refractivity contribution in [2.45, 2.75) is 12.7 Å². The molecule has 0 spiro atoms. The Kier molecular flexibility index (Phi) is 5.89. The molecule has 180 valence electrons. The van der Waals surface area contributed by atoms with Crippen LogP contribution in [0.2, 0.25) is 0 Å². The Morgan fingerprint density at radius 2 is 1.80 bits per heavy atom. The van der Waals surface area contributed by atoms with Gasteiger partial charge in [-0.3, -0.25) is 19.7 Å². The van der Waals surface area contributed by atoms with Gasteiger partial charge in [0.25, 0.3) is 5.91 Å². The van der Waals surface area contributed by atoms with Crippen molar-refractivity contribution in [3.05, 3.63) is 71.6 Å². The van der Waals surface area contributed by atoms with Crippen LogP contribution in [0, 0.1) is 5.82 Å². The van der Waals surface area contributed by atoms with E-state index in [1.807, 2.05) is 4.90 Å². The Morgan fingerprint density at radius 1 is 1.03 bits per heavy atom. The molecule has 3 heterocycles. The van der Waals surface area contributed by atoms with Crippen molar-refractivity contribution in [1.82, 2.24) is 29.9 Å². The largest absolute Gasteiger partial charge is 0.416 e. The van der Waals surface area contributed by atoms with Crippen LogP contribution in [0.3, 0.4) is 0 Å². The number of halogens is 4. The number of rotatable bonds is 4. The Morgan fingerprint density at radius 3 is 2.57 bits per heavy atom. The van der Waals surface area contributed by atoms with Gasteiger partial charge in [-0.05, 0) is 18.2 Å². The monoisotopic (exact) mass is 486 g/mol. The van der Waals surface area contributed by atoms with Crippen LogP contribution in [-0.2, 0) is 12.7 Å². The molecule has 12 heteroatoms. The van der Waals surface area contributed by atoms with Gasteiger partial charge < -0.3 is 9.42 Å². The lowest BCUT2D eigenvalue weighted by atomic mass is 10.1. The SMILES string of the molecule is O=C(c1cc(F)cc2nccnc12)N1CCN(Cc2nc(-c3cccc(C(F)(F)F)c3)no2)CC1. The average Bonchev–Trinajstić information content (AvgIpc) is 3.31. The molecule has 0 atom stereocenters. The number of fused-ring (bicyclic) bond motifs is 1. The smallest absolute Gasteiger partial charge is 0.338 e. The normalized spacial score (nSPS) is 15.0. The molecule has 1 aliphatic heterocycles. The summed E-state index contributed by atoms with van der Waals surface area (Å²) < 4.78 is 58.1. The first-order valence-corrected chi connectivity index (χ1v) is 10.7. The van der Waals surface area contributed by atoms with E-state index < -0.39 is 17.6 Å². The molecular formula is C23H18F4N6O2. The van der Waals surface area contributed by atoms with E-state index in [1.54, 1.807) is 4.90 Å². The molecule has 4 aromatic rings. The van der Waals surface area contributed by atoms with E-state index >= 15 is 0 Å². The number of amides is 1. The number of nitrogens with zero attached hydrogens (tertiary/aromatic N) is 6. The van der Waals surface area contributed by atoms with Crippen molar-refractivity contribution in [2.24, 2.45) is 0 Å². The van der Waals surface area contributed by atoms with Crippen LogP contribution < -0.4 is 0 Å². The van der Waals surface area contributed by atoms with Gasteiger partial charge in [0, 0.05) is 50.2 Å². The molecule has 1 fully saturated rings. The van der Waals surface area contributed by atoms with Gasteiger partial charge in [0.15, 0.2) is 0 Å². The summed E-state index contributed by atoms with van der Waals surface area (Å²) in [5, 5.41) is 3.80. The van der Waals surface area contributed by atoms with Crippen molar-refractivity contribution in [1.29, 1.82) is 0 Å². The van der Waals surface area contributed by atoms with Crippen molar-refractivity contribution in [3.8, 4) is 11.4 Å². The second kappa shape index (κ2) is 9.02. The number of piperazine rings is 1. The molecule has 0 unspecified atom stereocenters. The van der Waals surface area contributed by atoms with Crippen molar-refractivity contribution < 1.29 is 26.9 Å². The Hall–Kier alpha value is -3.93. The summed E-state index contributed by atoms with van der Waals surface area (Å²) in [4.78, 5) is 29.1. The summed E-state index contributed by atoms with van der Waals surface area (Å²) in [6.45, 7) is 2.03. The molecule has 2 aromatic carbocycles.